The summed E-state index contributed by atoms with van der Waals surface area (Å²) in [4.78, 5) is 11.3. The topological polar surface area (TPSA) is 89.7 Å². The number of sulfonamides is 1. The van der Waals surface area contributed by atoms with Crippen LogP contribution in [0.4, 0.5) is 5.69 Å². The monoisotopic (exact) mass is 346 g/mol. The van der Waals surface area contributed by atoms with Crippen molar-refractivity contribution in [1.82, 2.24) is 0 Å². The normalized spacial score (nSPS) is 11.4. The summed E-state index contributed by atoms with van der Waals surface area (Å²) >= 11 is 0. The zero-order valence-electron chi connectivity index (χ0n) is 13.1. The molecular formula is C17H18N2O4S. The van der Waals surface area contributed by atoms with Crippen LogP contribution in [0.5, 0.6) is 5.75 Å². The molecule has 0 saturated heterocycles. The molecule has 6 nitrogen and oxygen atoms in total. The second-order valence-corrected chi connectivity index (χ2v) is 6.67. The molecule has 2 aromatic rings. The van der Waals surface area contributed by atoms with Crippen molar-refractivity contribution in [3.63, 3.8) is 0 Å². The van der Waals surface area contributed by atoms with E-state index in [-0.39, 0.29) is 0 Å². The van der Waals surface area contributed by atoms with Gasteiger partial charge in [-0.25, -0.2) is 8.42 Å². The van der Waals surface area contributed by atoms with Crippen LogP contribution in [0.3, 0.4) is 0 Å². The second-order valence-electron chi connectivity index (χ2n) is 4.93. The summed E-state index contributed by atoms with van der Waals surface area (Å²) in [5.41, 5.74) is 6.25. The van der Waals surface area contributed by atoms with Crippen LogP contribution in [0.15, 0.2) is 60.0 Å². The standard InChI is InChI=1S/C17H18N2O4S/c1-23-16-9-7-15(8-10-16)19(13-17(18)20)24(21,22)12-11-14-5-3-2-4-6-14/h2-12H,13H2,1H3,(H2,18,20)/b12-11+. The Balaban J connectivity index is 2.34. The number of amides is 1. The predicted octanol–water partition coefficient (Wildman–Crippen LogP) is 1.99. The summed E-state index contributed by atoms with van der Waals surface area (Å²) in [6.07, 6.45) is 1.47. The van der Waals surface area contributed by atoms with E-state index in [1.165, 1.54) is 13.2 Å². The van der Waals surface area contributed by atoms with Crippen molar-refractivity contribution in [3.05, 3.63) is 65.6 Å². The van der Waals surface area contributed by atoms with Gasteiger partial charge in [0.15, 0.2) is 0 Å². The zero-order chi connectivity index (χ0) is 17.6. The number of nitrogens with zero attached hydrogens (tertiary/aromatic N) is 1. The van der Waals surface area contributed by atoms with E-state index in [9.17, 15) is 13.2 Å². The van der Waals surface area contributed by atoms with E-state index in [4.69, 9.17) is 10.5 Å². The third kappa shape index (κ3) is 4.60. The summed E-state index contributed by atoms with van der Waals surface area (Å²) < 4.78 is 31.2. The first-order valence-corrected chi connectivity index (χ1v) is 8.61. The van der Waals surface area contributed by atoms with Crippen LogP contribution in [0.1, 0.15) is 5.56 Å². The Morgan fingerprint density at radius 3 is 2.29 bits per heavy atom. The van der Waals surface area contributed by atoms with Gasteiger partial charge in [0.25, 0.3) is 10.0 Å². The maximum atomic E-state index is 12.6. The lowest BCUT2D eigenvalue weighted by Gasteiger charge is -2.21. The summed E-state index contributed by atoms with van der Waals surface area (Å²) in [6.45, 7) is -0.451. The van der Waals surface area contributed by atoms with E-state index < -0.39 is 22.5 Å². The lowest BCUT2D eigenvalue weighted by atomic mass is 10.2. The number of rotatable bonds is 7. The second kappa shape index (κ2) is 7.65. The molecule has 2 rings (SSSR count). The molecule has 0 atom stereocenters. The number of ether oxygens (including phenoxy) is 1. The molecule has 2 N–H and O–H groups in total. The molecule has 0 bridgehead atoms. The number of carbonyl (C=O) groups excluding carboxylic acids is 1. The Bertz CT molecular complexity index is 815. The van der Waals surface area contributed by atoms with Crippen molar-refractivity contribution in [2.75, 3.05) is 18.0 Å². The van der Waals surface area contributed by atoms with Crippen molar-refractivity contribution in [3.8, 4) is 5.75 Å². The maximum absolute atomic E-state index is 12.6. The van der Waals surface area contributed by atoms with Crippen molar-refractivity contribution >= 4 is 27.7 Å². The van der Waals surface area contributed by atoms with Crippen LogP contribution in [0.25, 0.3) is 6.08 Å². The minimum absolute atomic E-state index is 0.326. The fourth-order valence-electron chi connectivity index (χ4n) is 2.02. The van der Waals surface area contributed by atoms with Gasteiger partial charge in [-0.05, 0) is 35.9 Å². The van der Waals surface area contributed by atoms with Crippen molar-refractivity contribution in [2.24, 2.45) is 5.73 Å². The minimum atomic E-state index is -3.88. The first-order valence-electron chi connectivity index (χ1n) is 7.10. The molecule has 24 heavy (non-hydrogen) atoms. The number of nitrogens with two attached hydrogens (primary N) is 1. The summed E-state index contributed by atoms with van der Waals surface area (Å²) in [5.74, 6) is -0.169. The smallest absolute Gasteiger partial charge is 0.257 e. The van der Waals surface area contributed by atoms with Crippen LogP contribution in [0, 0.1) is 0 Å². The SMILES string of the molecule is COc1ccc(N(CC(N)=O)S(=O)(=O)/C=C/c2ccccc2)cc1. The van der Waals surface area contributed by atoms with Crippen LogP contribution in [0.2, 0.25) is 0 Å². The van der Waals surface area contributed by atoms with Crippen molar-refractivity contribution in [2.45, 2.75) is 0 Å². The van der Waals surface area contributed by atoms with Gasteiger partial charge in [0.1, 0.15) is 12.3 Å². The number of hydrogen-bond acceptors (Lipinski definition) is 4. The number of primary amides is 1. The van der Waals surface area contributed by atoms with Crippen LogP contribution < -0.4 is 14.8 Å². The summed E-state index contributed by atoms with van der Waals surface area (Å²) in [5, 5.41) is 1.05. The fourth-order valence-corrected chi connectivity index (χ4v) is 3.22. The first-order chi connectivity index (χ1) is 11.4. The van der Waals surface area contributed by atoms with Gasteiger partial charge >= 0.3 is 0 Å². The van der Waals surface area contributed by atoms with E-state index >= 15 is 0 Å². The highest BCUT2D eigenvalue weighted by Crippen LogP contribution is 2.22. The molecule has 0 aliphatic rings. The Morgan fingerprint density at radius 2 is 1.75 bits per heavy atom. The molecule has 0 aliphatic heterocycles. The number of carbonyl (C=O) groups is 1. The molecule has 0 aromatic heterocycles. The fraction of sp³-hybridized carbons (Fsp3) is 0.118. The van der Waals surface area contributed by atoms with Gasteiger partial charge < -0.3 is 10.5 Å². The Labute approximate surface area is 141 Å². The molecule has 0 heterocycles. The van der Waals surface area contributed by atoms with E-state index in [1.54, 1.807) is 48.5 Å². The van der Waals surface area contributed by atoms with E-state index in [1.807, 2.05) is 6.07 Å². The molecule has 0 fully saturated rings. The minimum Gasteiger partial charge on any atom is -0.497 e. The number of hydrogen-bond donors (Lipinski definition) is 1. The number of methoxy groups -OCH3 is 1. The van der Waals surface area contributed by atoms with Gasteiger partial charge in [0.05, 0.1) is 18.2 Å². The van der Waals surface area contributed by atoms with Gasteiger partial charge in [-0.2, -0.15) is 0 Å². The van der Waals surface area contributed by atoms with Crippen LogP contribution >= 0.6 is 0 Å². The number of benzene rings is 2. The van der Waals surface area contributed by atoms with Gasteiger partial charge in [-0.3, -0.25) is 9.10 Å². The van der Waals surface area contributed by atoms with Gasteiger partial charge in [0, 0.05) is 0 Å². The average molecular weight is 346 g/mol. The van der Waals surface area contributed by atoms with Gasteiger partial charge in [0.2, 0.25) is 5.91 Å². The third-order valence-electron chi connectivity index (χ3n) is 3.20. The number of anilines is 1. The molecule has 1 amide bonds. The van der Waals surface area contributed by atoms with E-state index in [2.05, 4.69) is 0 Å². The Morgan fingerprint density at radius 1 is 1.12 bits per heavy atom. The molecule has 0 radical (unpaired) electrons. The Hall–Kier alpha value is -2.80. The molecule has 0 saturated carbocycles. The largest absolute Gasteiger partial charge is 0.497 e. The quantitative estimate of drug-likeness (QED) is 0.830. The highest BCUT2D eigenvalue weighted by atomic mass is 32.2. The first kappa shape index (κ1) is 17.6. The molecule has 2 aromatic carbocycles. The maximum Gasteiger partial charge on any atom is 0.257 e. The predicted molar refractivity (Wildman–Crippen MR) is 93.9 cm³/mol. The third-order valence-corrected chi connectivity index (χ3v) is 4.63. The molecule has 0 unspecified atom stereocenters. The molecule has 0 aliphatic carbocycles. The molecular weight excluding hydrogens is 328 g/mol. The average Bonchev–Trinajstić information content (AvgIpc) is 2.59. The lowest BCUT2D eigenvalue weighted by molar-refractivity contribution is -0.116. The molecule has 7 heteroatoms. The van der Waals surface area contributed by atoms with E-state index in [0.717, 1.165) is 15.3 Å². The zero-order valence-corrected chi connectivity index (χ0v) is 13.9. The molecule has 126 valence electrons. The summed E-state index contributed by atoms with van der Waals surface area (Å²) in [7, 11) is -2.37. The highest BCUT2D eigenvalue weighted by molar-refractivity contribution is 7.95. The highest BCUT2D eigenvalue weighted by Gasteiger charge is 2.21. The molecule has 0 spiro atoms. The van der Waals surface area contributed by atoms with Crippen molar-refractivity contribution in [1.29, 1.82) is 0 Å². The Kier molecular flexibility index (Phi) is 5.59. The summed E-state index contributed by atoms with van der Waals surface area (Å²) in [6, 6.07) is 15.3. The van der Waals surface area contributed by atoms with E-state index in [0.29, 0.717) is 11.4 Å². The van der Waals surface area contributed by atoms with Crippen LogP contribution in [-0.2, 0) is 14.8 Å². The van der Waals surface area contributed by atoms with Crippen LogP contribution in [-0.4, -0.2) is 28.0 Å². The van der Waals surface area contributed by atoms with Gasteiger partial charge in [-0.15, -0.1) is 0 Å². The van der Waals surface area contributed by atoms with Gasteiger partial charge in [-0.1, -0.05) is 30.3 Å². The van der Waals surface area contributed by atoms with Crippen molar-refractivity contribution < 1.29 is 17.9 Å². The lowest BCUT2D eigenvalue weighted by Crippen LogP contribution is -2.37.